The van der Waals surface area contributed by atoms with Gasteiger partial charge in [-0.3, -0.25) is 9.59 Å². The Kier molecular flexibility index (Phi) is 8.18. The minimum Gasteiger partial charge on any atom is -0.494 e. The summed E-state index contributed by atoms with van der Waals surface area (Å²) in [5, 5.41) is 3.28. The number of carbonyl (C=O) groups is 3. The fourth-order valence-corrected chi connectivity index (χ4v) is 4.59. The normalized spacial score (nSPS) is 23.1. The lowest BCUT2D eigenvalue weighted by molar-refractivity contribution is -0.151. The average Bonchev–Trinajstić information content (AvgIpc) is 2.81. The highest BCUT2D eigenvalue weighted by molar-refractivity contribution is 6.12. The molecule has 184 valence electrons. The topological polar surface area (TPSA) is 90.9 Å². The van der Waals surface area contributed by atoms with Crippen LogP contribution in [-0.2, 0) is 23.9 Å². The summed E-state index contributed by atoms with van der Waals surface area (Å²) in [5.41, 5.74) is 2.97. The highest BCUT2D eigenvalue weighted by Gasteiger charge is 2.47. The van der Waals surface area contributed by atoms with E-state index in [4.69, 9.17) is 14.2 Å². The zero-order chi connectivity index (χ0) is 25.0. The average molecular weight is 470 g/mol. The van der Waals surface area contributed by atoms with Crippen LogP contribution < -0.4 is 10.1 Å². The molecule has 0 aromatic heterocycles. The molecule has 1 aliphatic carbocycles. The SMILES string of the molecule is CCCOc1ccc([C@@H]2C(C(=O)O[C@@H](C)CC)=C(C)NC3=C2C(=O)[C@@H](C(=O)OC)[C@H](C)C3)cc1. The third-order valence-electron chi connectivity index (χ3n) is 6.53. The van der Waals surface area contributed by atoms with Gasteiger partial charge in [-0.25, -0.2) is 4.79 Å². The van der Waals surface area contributed by atoms with Gasteiger partial charge < -0.3 is 19.5 Å². The molecular weight excluding hydrogens is 434 g/mol. The van der Waals surface area contributed by atoms with Crippen LogP contribution in [0, 0.1) is 11.8 Å². The quantitative estimate of drug-likeness (QED) is 0.445. The Morgan fingerprint density at radius 1 is 1.18 bits per heavy atom. The van der Waals surface area contributed by atoms with Gasteiger partial charge in [-0.05, 0) is 56.7 Å². The van der Waals surface area contributed by atoms with Gasteiger partial charge in [-0.15, -0.1) is 0 Å². The lowest BCUT2D eigenvalue weighted by atomic mass is 9.69. The van der Waals surface area contributed by atoms with Crippen LogP contribution in [0.3, 0.4) is 0 Å². The molecule has 0 spiro atoms. The summed E-state index contributed by atoms with van der Waals surface area (Å²) in [6, 6.07) is 7.42. The molecule has 0 radical (unpaired) electrons. The second-order valence-electron chi connectivity index (χ2n) is 9.08. The number of esters is 2. The van der Waals surface area contributed by atoms with Crippen molar-refractivity contribution in [2.75, 3.05) is 13.7 Å². The molecule has 7 heteroatoms. The molecule has 0 fully saturated rings. The molecule has 0 saturated carbocycles. The summed E-state index contributed by atoms with van der Waals surface area (Å²) >= 11 is 0. The van der Waals surface area contributed by atoms with Crippen molar-refractivity contribution >= 4 is 17.7 Å². The molecule has 1 aromatic carbocycles. The van der Waals surface area contributed by atoms with Gasteiger partial charge in [0, 0.05) is 22.9 Å². The maximum absolute atomic E-state index is 13.7. The van der Waals surface area contributed by atoms with E-state index in [1.165, 1.54) is 7.11 Å². The molecule has 3 rings (SSSR count). The number of benzene rings is 1. The second-order valence-corrected chi connectivity index (χ2v) is 9.08. The van der Waals surface area contributed by atoms with Crippen LogP contribution in [0.25, 0.3) is 0 Å². The van der Waals surface area contributed by atoms with E-state index in [2.05, 4.69) is 5.32 Å². The lowest BCUT2D eigenvalue weighted by Gasteiger charge is -2.38. The lowest BCUT2D eigenvalue weighted by Crippen LogP contribution is -2.43. The molecule has 1 heterocycles. The number of methoxy groups -OCH3 is 1. The molecule has 7 nitrogen and oxygen atoms in total. The smallest absolute Gasteiger partial charge is 0.337 e. The van der Waals surface area contributed by atoms with Crippen molar-refractivity contribution in [2.24, 2.45) is 11.8 Å². The van der Waals surface area contributed by atoms with Gasteiger partial charge in [0.15, 0.2) is 5.78 Å². The number of hydrogen-bond acceptors (Lipinski definition) is 7. The minimum atomic E-state index is -0.912. The molecule has 0 unspecified atom stereocenters. The summed E-state index contributed by atoms with van der Waals surface area (Å²) in [4.78, 5) is 39.5. The Morgan fingerprint density at radius 3 is 2.44 bits per heavy atom. The first-order valence-corrected chi connectivity index (χ1v) is 12.0. The van der Waals surface area contributed by atoms with Gasteiger partial charge in [-0.2, -0.15) is 0 Å². The zero-order valence-corrected chi connectivity index (χ0v) is 20.9. The van der Waals surface area contributed by atoms with Crippen molar-refractivity contribution < 1.29 is 28.6 Å². The van der Waals surface area contributed by atoms with E-state index in [1.807, 2.05) is 58.9 Å². The maximum Gasteiger partial charge on any atom is 0.337 e. The van der Waals surface area contributed by atoms with Crippen LogP contribution in [0.4, 0.5) is 0 Å². The number of ether oxygens (including phenoxy) is 3. The Bertz CT molecular complexity index is 1010. The molecule has 0 saturated heterocycles. The standard InChI is InChI=1S/C27H35NO6/c1-7-13-33-19-11-9-18(10-12-19)23-22(27(31)34-16(4)8-2)17(5)28-20-14-15(3)21(26(30)32-6)25(29)24(20)23/h9-12,15-16,21,23,28H,7-8,13-14H2,1-6H3/t15-,16+,21+,23-/m1/s1. The Labute approximate surface area is 201 Å². The third kappa shape index (κ3) is 5.03. The monoisotopic (exact) mass is 469 g/mol. The highest BCUT2D eigenvalue weighted by atomic mass is 16.5. The van der Waals surface area contributed by atoms with Crippen molar-refractivity contribution in [1.82, 2.24) is 5.32 Å². The van der Waals surface area contributed by atoms with E-state index in [1.54, 1.807) is 0 Å². The molecule has 1 aliphatic heterocycles. The summed E-state index contributed by atoms with van der Waals surface area (Å²) in [6.07, 6.45) is 1.80. The predicted octanol–water partition coefficient (Wildman–Crippen LogP) is 4.43. The van der Waals surface area contributed by atoms with Crippen LogP contribution in [0.5, 0.6) is 5.75 Å². The predicted molar refractivity (Wildman–Crippen MR) is 128 cm³/mol. The molecule has 0 amide bonds. The first-order chi connectivity index (χ1) is 16.2. The van der Waals surface area contributed by atoms with E-state index >= 15 is 0 Å². The number of hydrogen-bond donors (Lipinski definition) is 1. The van der Waals surface area contributed by atoms with Crippen molar-refractivity contribution in [3.8, 4) is 5.75 Å². The molecule has 0 bridgehead atoms. The van der Waals surface area contributed by atoms with Gasteiger partial charge in [0.25, 0.3) is 0 Å². The Hall–Kier alpha value is -3.09. The number of carbonyl (C=O) groups excluding carboxylic acids is 3. The van der Waals surface area contributed by atoms with Gasteiger partial charge in [0.2, 0.25) is 0 Å². The molecule has 34 heavy (non-hydrogen) atoms. The summed E-state index contributed by atoms with van der Waals surface area (Å²) < 4.78 is 16.3. The van der Waals surface area contributed by atoms with Crippen LogP contribution in [0.15, 0.2) is 46.8 Å². The van der Waals surface area contributed by atoms with Crippen molar-refractivity contribution in [3.05, 3.63) is 52.4 Å². The minimum absolute atomic E-state index is 0.224. The summed E-state index contributed by atoms with van der Waals surface area (Å²) in [6.45, 7) is 10.1. The van der Waals surface area contributed by atoms with Crippen LogP contribution in [0.2, 0.25) is 0 Å². The zero-order valence-electron chi connectivity index (χ0n) is 20.9. The largest absolute Gasteiger partial charge is 0.494 e. The van der Waals surface area contributed by atoms with Crippen LogP contribution >= 0.6 is 0 Å². The molecule has 1 aromatic rings. The molecular formula is C27H35NO6. The van der Waals surface area contributed by atoms with Gasteiger partial charge in [0.05, 0.1) is 25.4 Å². The first kappa shape index (κ1) is 25.5. The summed E-state index contributed by atoms with van der Waals surface area (Å²) in [7, 11) is 1.29. The first-order valence-electron chi connectivity index (χ1n) is 12.0. The van der Waals surface area contributed by atoms with Crippen molar-refractivity contribution in [1.29, 1.82) is 0 Å². The number of nitrogens with one attached hydrogen (secondary N) is 1. The van der Waals surface area contributed by atoms with E-state index in [0.717, 1.165) is 17.7 Å². The molecule has 4 atom stereocenters. The summed E-state index contributed by atoms with van der Waals surface area (Å²) in [5.74, 6) is -2.41. The fourth-order valence-electron chi connectivity index (χ4n) is 4.59. The van der Waals surface area contributed by atoms with Crippen LogP contribution in [-0.4, -0.2) is 37.5 Å². The number of allylic oxidation sites excluding steroid dienone is 3. The van der Waals surface area contributed by atoms with Gasteiger partial charge in [-0.1, -0.05) is 32.9 Å². The third-order valence-corrected chi connectivity index (χ3v) is 6.53. The number of rotatable bonds is 8. The van der Waals surface area contributed by atoms with E-state index < -0.39 is 23.8 Å². The second kappa shape index (κ2) is 10.9. The number of Topliss-reactive ketones (excluding diaryl/α,β-unsaturated/α-hetero) is 1. The highest BCUT2D eigenvalue weighted by Crippen LogP contribution is 2.45. The number of dihydropyridines is 1. The van der Waals surface area contributed by atoms with Crippen molar-refractivity contribution in [2.45, 2.75) is 65.9 Å². The Morgan fingerprint density at radius 2 is 1.85 bits per heavy atom. The fraction of sp³-hybridized carbons (Fsp3) is 0.519. The number of ketones is 1. The molecule has 2 aliphatic rings. The van der Waals surface area contributed by atoms with Gasteiger partial charge in [0.1, 0.15) is 11.7 Å². The van der Waals surface area contributed by atoms with Crippen LogP contribution in [0.1, 0.15) is 65.4 Å². The molecule has 1 N–H and O–H groups in total. The Balaban J connectivity index is 2.11. The maximum atomic E-state index is 13.7. The van der Waals surface area contributed by atoms with E-state index in [0.29, 0.717) is 42.0 Å². The van der Waals surface area contributed by atoms with E-state index in [9.17, 15) is 14.4 Å². The van der Waals surface area contributed by atoms with E-state index in [-0.39, 0.29) is 17.8 Å². The van der Waals surface area contributed by atoms with Gasteiger partial charge >= 0.3 is 11.9 Å². The van der Waals surface area contributed by atoms with Crippen molar-refractivity contribution in [3.63, 3.8) is 0 Å².